The molecule has 0 spiro atoms. The molecule has 1 aliphatic heterocycles. The van der Waals surface area contributed by atoms with Crippen LogP contribution in [0.25, 0.3) is 11.0 Å². The van der Waals surface area contributed by atoms with E-state index >= 15 is 0 Å². The summed E-state index contributed by atoms with van der Waals surface area (Å²) in [7, 11) is 1.84. The number of carbonyl (C=O) groups excluding carboxylic acids is 3. The number of hydrogen-bond acceptors (Lipinski definition) is 6. The van der Waals surface area contributed by atoms with Gasteiger partial charge < -0.3 is 18.9 Å². The molecule has 0 unspecified atom stereocenters. The molecule has 3 amide bonds. The van der Waals surface area contributed by atoms with Crippen molar-refractivity contribution in [2.45, 2.75) is 32.6 Å². The van der Waals surface area contributed by atoms with Gasteiger partial charge in [0.1, 0.15) is 5.82 Å². The topological polar surface area (TPSA) is 115 Å². The molecule has 0 radical (unpaired) electrons. The van der Waals surface area contributed by atoms with E-state index in [0.717, 1.165) is 43.4 Å². The number of aryl methyl sites for hydroxylation is 1. The Bertz CT molecular complexity index is 1250. The lowest BCUT2D eigenvalue weighted by molar-refractivity contribution is -0.134. The van der Waals surface area contributed by atoms with E-state index in [2.05, 4.69) is 15.8 Å². The fourth-order valence-corrected chi connectivity index (χ4v) is 4.15. The van der Waals surface area contributed by atoms with E-state index in [1.165, 1.54) is 6.07 Å². The van der Waals surface area contributed by atoms with Crippen LogP contribution in [0.1, 0.15) is 42.4 Å². The van der Waals surface area contributed by atoms with Crippen LogP contribution < -0.4 is 20.3 Å². The van der Waals surface area contributed by atoms with Crippen LogP contribution in [0.4, 0.5) is 0 Å². The number of ether oxygens (including phenoxy) is 2. The molecule has 1 aliphatic rings. The second kappa shape index (κ2) is 11.6. The van der Waals surface area contributed by atoms with Gasteiger partial charge in [-0.15, -0.1) is 0 Å². The van der Waals surface area contributed by atoms with Gasteiger partial charge in [0.25, 0.3) is 11.8 Å². The summed E-state index contributed by atoms with van der Waals surface area (Å²) in [5, 5.41) is 0. The van der Waals surface area contributed by atoms with Crippen LogP contribution in [-0.2, 0) is 23.1 Å². The van der Waals surface area contributed by atoms with Gasteiger partial charge in [0.15, 0.2) is 18.1 Å². The predicted octanol–water partition coefficient (Wildman–Crippen LogP) is 2.37. The number of carbonyl (C=O) groups is 3. The van der Waals surface area contributed by atoms with Gasteiger partial charge in [-0.2, -0.15) is 0 Å². The Hall–Kier alpha value is -4.08. The molecule has 0 atom stereocenters. The Labute approximate surface area is 209 Å². The molecule has 10 heteroatoms. The highest BCUT2D eigenvalue weighted by Gasteiger charge is 2.19. The number of amides is 3. The summed E-state index contributed by atoms with van der Waals surface area (Å²) in [4.78, 5) is 43.8. The van der Waals surface area contributed by atoms with Gasteiger partial charge in [-0.1, -0.05) is 12.1 Å². The Kier molecular flexibility index (Phi) is 8.04. The van der Waals surface area contributed by atoms with Crippen LogP contribution >= 0.6 is 0 Å². The number of nitrogens with one attached hydrogen (secondary N) is 2. The fraction of sp³-hybridized carbons (Fsp3) is 0.385. The van der Waals surface area contributed by atoms with Gasteiger partial charge in [-0.25, -0.2) is 4.98 Å². The highest BCUT2D eigenvalue weighted by molar-refractivity contribution is 5.96. The molecule has 1 saturated heterocycles. The van der Waals surface area contributed by atoms with E-state index in [0.29, 0.717) is 23.9 Å². The molecule has 0 bridgehead atoms. The minimum atomic E-state index is -0.509. The van der Waals surface area contributed by atoms with Gasteiger partial charge in [-0.05, 0) is 56.5 Å². The molecule has 0 aliphatic carbocycles. The van der Waals surface area contributed by atoms with Crippen molar-refractivity contribution in [2.24, 2.45) is 7.05 Å². The van der Waals surface area contributed by atoms with Gasteiger partial charge in [0.2, 0.25) is 5.91 Å². The molecular formula is C26H31N5O5. The van der Waals surface area contributed by atoms with Crippen LogP contribution in [0, 0.1) is 0 Å². The Morgan fingerprint density at radius 1 is 0.972 bits per heavy atom. The van der Waals surface area contributed by atoms with Crippen LogP contribution in [0.3, 0.4) is 0 Å². The molecule has 36 heavy (non-hydrogen) atoms. The molecule has 4 rings (SSSR count). The second-order valence-electron chi connectivity index (χ2n) is 8.58. The quantitative estimate of drug-likeness (QED) is 0.466. The first kappa shape index (κ1) is 25.0. The highest BCUT2D eigenvalue weighted by Crippen LogP contribution is 2.28. The predicted molar refractivity (Wildman–Crippen MR) is 134 cm³/mol. The highest BCUT2D eigenvalue weighted by atomic mass is 16.5. The lowest BCUT2D eigenvalue weighted by Crippen LogP contribution is -2.42. The Morgan fingerprint density at radius 3 is 2.50 bits per heavy atom. The first-order chi connectivity index (χ1) is 17.5. The van der Waals surface area contributed by atoms with Crippen molar-refractivity contribution in [2.75, 3.05) is 26.3 Å². The zero-order valence-electron chi connectivity index (χ0n) is 20.6. The monoisotopic (exact) mass is 493 g/mol. The summed E-state index contributed by atoms with van der Waals surface area (Å²) < 4.78 is 13.2. The molecule has 10 nitrogen and oxygen atoms in total. The Balaban J connectivity index is 1.34. The zero-order chi connectivity index (χ0) is 25.5. The number of imidazole rings is 1. The Morgan fingerprint density at radius 2 is 1.75 bits per heavy atom. The van der Waals surface area contributed by atoms with Crippen molar-refractivity contribution in [3.8, 4) is 11.5 Å². The number of hydrazine groups is 1. The number of piperidine rings is 1. The maximum Gasteiger partial charge on any atom is 0.269 e. The maximum absolute atomic E-state index is 12.6. The van der Waals surface area contributed by atoms with Crippen LogP contribution in [0.15, 0.2) is 42.5 Å². The molecule has 2 N–H and O–H groups in total. The molecule has 2 heterocycles. The first-order valence-electron chi connectivity index (χ1n) is 12.1. The van der Waals surface area contributed by atoms with E-state index in [4.69, 9.17) is 9.47 Å². The standard InChI is InChI=1S/C26H31N5O5/c1-3-35-22-15-18(11-12-21(22)36-17-25(33)31-13-7-4-8-14-31)26(34)29-28-24(32)16-23-27-19-9-5-6-10-20(19)30(23)2/h5-6,9-12,15H,3-4,7-8,13-14,16-17H2,1-2H3,(H,28,32)(H,29,34). The van der Waals surface area contributed by atoms with E-state index in [-0.39, 0.29) is 24.5 Å². The summed E-state index contributed by atoms with van der Waals surface area (Å²) in [6, 6.07) is 12.3. The second-order valence-corrected chi connectivity index (χ2v) is 8.58. The summed E-state index contributed by atoms with van der Waals surface area (Å²) in [6.07, 6.45) is 3.17. The van der Waals surface area contributed by atoms with Crippen molar-refractivity contribution in [1.29, 1.82) is 0 Å². The third-order valence-corrected chi connectivity index (χ3v) is 6.08. The van der Waals surface area contributed by atoms with E-state index in [1.54, 1.807) is 12.1 Å². The summed E-state index contributed by atoms with van der Waals surface area (Å²) in [5.74, 6) is 0.338. The van der Waals surface area contributed by atoms with Gasteiger partial charge in [0.05, 0.1) is 24.1 Å². The number of nitrogens with zero attached hydrogens (tertiary/aromatic N) is 3. The molecule has 3 aromatic rings. The molecule has 0 saturated carbocycles. The minimum absolute atomic E-state index is 0.00742. The van der Waals surface area contributed by atoms with Gasteiger partial charge in [-0.3, -0.25) is 25.2 Å². The van der Waals surface area contributed by atoms with Crippen molar-refractivity contribution in [1.82, 2.24) is 25.3 Å². The van der Waals surface area contributed by atoms with E-state index < -0.39 is 11.8 Å². The average molecular weight is 494 g/mol. The third-order valence-electron chi connectivity index (χ3n) is 6.08. The summed E-state index contributed by atoms with van der Waals surface area (Å²) >= 11 is 0. The molecule has 1 fully saturated rings. The number of benzene rings is 2. The zero-order valence-corrected chi connectivity index (χ0v) is 20.6. The summed E-state index contributed by atoms with van der Waals surface area (Å²) in [6.45, 7) is 3.58. The van der Waals surface area contributed by atoms with Crippen molar-refractivity contribution >= 4 is 28.8 Å². The smallest absolute Gasteiger partial charge is 0.269 e. The minimum Gasteiger partial charge on any atom is -0.490 e. The van der Waals surface area contributed by atoms with Crippen LogP contribution in [-0.4, -0.2) is 58.5 Å². The van der Waals surface area contributed by atoms with Crippen LogP contribution in [0.5, 0.6) is 11.5 Å². The lowest BCUT2D eigenvalue weighted by Gasteiger charge is -2.26. The molecule has 1 aromatic heterocycles. The normalized spacial score (nSPS) is 13.3. The van der Waals surface area contributed by atoms with Crippen molar-refractivity contribution < 1.29 is 23.9 Å². The fourth-order valence-electron chi connectivity index (χ4n) is 4.15. The number of para-hydroxylation sites is 2. The SMILES string of the molecule is CCOc1cc(C(=O)NNC(=O)Cc2nc3ccccc3n2C)ccc1OCC(=O)N1CCCCC1. The number of fused-ring (bicyclic) bond motifs is 1. The molecule has 2 aromatic carbocycles. The average Bonchev–Trinajstić information content (AvgIpc) is 3.21. The van der Waals surface area contributed by atoms with Crippen LogP contribution in [0.2, 0.25) is 0 Å². The number of hydrogen-bond donors (Lipinski definition) is 2. The lowest BCUT2D eigenvalue weighted by atomic mass is 10.1. The first-order valence-corrected chi connectivity index (χ1v) is 12.1. The number of rotatable bonds is 8. The van der Waals surface area contributed by atoms with Gasteiger partial charge in [0, 0.05) is 25.7 Å². The van der Waals surface area contributed by atoms with E-state index in [9.17, 15) is 14.4 Å². The third kappa shape index (κ3) is 5.94. The summed E-state index contributed by atoms with van der Waals surface area (Å²) in [5.41, 5.74) is 6.85. The molecular weight excluding hydrogens is 462 g/mol. The van der Waals surface area contributed by atoms with Crippen molar-refractivity contribution in [3.63, 3.8) is 0 Å². The van der Waals surface area contributed by atoms with Gasteiger partial charge >= 0.3 is 0 Å². The number of likely N-dealkylation sites (tertiary alicyclic amines) is 1. The van der Waals surface area contributed by atoms with E-state index in [1.807, 2.05) is 47.7 Å². The van der Waals surface area contributed by atoms with Crippen molar-refractivity contribution in [3.05, 3.63) is 53.9 Å². The number of aromatic nitrogens is 2. The maximum atomic E-state index is 12.6. The largest absolute Gasteiger partial charge is 0.490 e. The molecule has 190 valence electrons.